The minimum atomic E-state index is -0.0541. The first kappa shape index (κ1) is 14.6. The number of benzene rings is 1. The van der Waals surface area contributed by atoms with E-state index in [1.807, 2.05) is 12.1 Å². The van der Waals surface area contributed by atoms with E-state index in [4.69, 9.17) is 0 Å². The molecule has 1 aromatic rings. The van der Waals surface area contributed by atoms with E-state index >= 15 is 0 Å². The zero-order valence-electron chi connectivity index (χ0n) is 12.2. The van der Waals surface area contributed by atoms with Gasteiger partial charge in [0, 0.05) is 25.2 Å². The number of hydrogen-bond donors (Lipinski definition) is 2. The molecule has 0 atom stereocenters. The van der Waals surface area contributed by atoms with Crippen LogP contribution in [-0.2, 0) is 22.4 Å². The van der Waals surface area contributed by atoms with Gasteiger partial charge in [-0.25, -0.2) is 0 Å². The summed E-state index contributed by atoms with van der Waals surface area (Å²) < 4.78 is 0. The lowest BCUT2D eigenvalue weighted by Crippen LogP contribution is -2.14. The molecule has 4 nitrogen and oxygen atoms in total. The van der Waals surface area contributed by atoms with Gasteiger partial charge in [-0.3, -0.25) is 9.59 Å². The predicted molar refractivity (Wildman–Crippen MR) is 80.9 cm³/mol. The van der Waals surface area contributed by atoms with Crippen LogP contribution in [-0.4, -0.2) is 11.8 Å². The Morgan fingerprint density at radius 3 is 1.55 bits per heavy atom. The molecule has 2 rings (SSSR count). The molecule has 1 aliphatic rings. The Hall–Kier alpha value is -1.84. The Morgan fingerprint density at radius 1 is 0.800 bits per heavy atom. The van der Waals surface area contributed by atoms with E-state index in [0.717, 1.165) is 37.1 Å². The third-order valence-electron chi connectivity index (χ3n) is 3.66. The summed E-state index contributed by atoms with van der Waals surface area (Å²) in [6.45, 7) is 3.05. The van der Waals surface area contributed by atoms with Crippen LogP contribution in [0.3, 0.4) is 0 Å². The van der Waals surface area contributed by atoms with Crippen LogP contribution in [0.1, 0.15) is 50.7 Å². The van der Waals surface area contributed by atoms with Crippen molar-refractivity contribution in [1.29, 1.82) is 0 Å². The second-order valence-corrected chi connectivity index (χ2v) is 5.39. The van der Waals surface area contributed by atoms with E-state index in [1.54, 1.807) is 0 Å². The van der Waals surface area contributed by atoms with Crippen molar-refractivity contribution in [1.82, 2.24) is 0 Å². The minimum Gasteiger partial charge on any atom is -0.326 e. The normalized spacial score (nSPS) is 14.7. The van der Waals surface area contributed by atoms with Crippen molar-refractivity contribution in [2.45, 2.75) is 52.4 Å². The lowest BCUT2D eigenvalue weighted by molar-refractivity contribution is -0.115. The van der Waals surface area contributed by atoms with Crippen molar-refractivity contribution in [2.24, 2.45) is 0 Å². The molecule has 0 bridgehead atoms. The Kier molecular flexibility index (Phi) is 4.77. The second-order valence-electron chi connectivity index (χ2n) is 5.39. The summed E-state index contributed by atoms with van der Waals surface area (Å²) >= 11 is 0. The van der Waals surface area contributed by atoms with Gasteiger partial charge in [0.05, 0.1) is 0 Å². The van der Waals surface area contributed by atoms with E-state index in [-0.39, 0.29) is 11.8 Å². The number of rotatable bonds is 2. The van der Waals surface area contributed by atoms with Crippen molar-refractivity contribution in [3.8, 4) is 0 Å². The van der Waals surface area contributed by atoms with Gasteiger partial charge in [0.2, 0.25) is 11.8 Å². The molecule has 0 radical (unpaired) electrons. The molecule has 108 valence electrons. The molecule has 0 saturated carbocycles. The topological polar surface area (TPSA) is 58.2 Å². The third-order valence-corrected chi connectivity index (χ3v) is 3.66. The molecule has 2 amide bonds. The van der Waals surface area contributed by atoms with Gasteiger partial charge in [0.25, 0.3) is 0 Å². The maximum Gasteiger partial charge on any atom is 0.221 e. The highest BCUT2D eigenvalue weighted by Crippen LogP contribution is 2.32. The van der Waals surface area contributed by atoms with Gasteiger partial charge >= 0.3 is 0 Å². The zero-order valence-corrected chi connectivity index (χ0v) is 12.2. The predicted octanol–water partition coefficient (Wildman–Crippen LogP) is 3.26. The minimum absolute atomic E-state index is 0.0541. The molecule has 0 fully saturated rings. The quantitative estimate of drug-likeness (QED) is 0.869. The maximum atomic E-state index is 11.3. The van der Waals surface area contributed by atoms with Gasteiger partial charge in [-0.05, 0) is 48.9 Å². The fraction of sp³-hybridized carbons (Fsp3) is 0.500. The summed E-state index contributed by atoms with van der Waals surface area (Å²) in [6, 6.07) is 3.79. The number of carbonyl (C=O) groups excluding carboxylic acids is 2. The highest BCUT2D eigenvalue weighted by Gasteiger charge is 2.16. The monoisotopic (exact) mass is 274 g/mol. The van der Waals surface area contributed by atoms with E-state index in [1.165, 1.54) is 37.8 Å². The number of amides is 2. The molecule has 20 heavy (non-hydrogen) atoms. The van der Waals surface area contributed by atoms with Crippen molar-refractivity contribution >= 4 is 23.2 Å². The molecule has 0 saturated heterocycles. The van der Waals surface area contributed by atoms with Crippen LogP contribution >= 0.6 is 0 Å². The summed E-state index contributed by atoms with van der Waals surface area (Å²) in [5.74, 6) is -0.108. The molecular formula is C16H22N2O2. The fourth-order valence-corrected chi connectivity index (χ4v) is 2.83. The Morgan fingerprint density at radius 2 is 1.20 bits per heavy atom. The van der Waals surface area contributed by atoms with Gasteiger partial charge in [-0.15, -0.1) is 0 Å². The summed E-state index contributed by atoms with van der Waals surface area (Å²) in [7, 11) is 0. The average Bonchev–Trinajstić information content (AvgIpc) is 2.31. The highest BCUT2D eigenvalue weighted by atomic mass is 16.2. The smallest absolute Gasteiger partial charge is 0.221 e. The first-order valence-corrected chi connectivity index (χ1v) is 7.28. The maximum absolute atomic E-state index is 11.3. The molecule has 1 aromatic carbocycles. The molecular weight excluding hydrogens is 252 g/mol. The first-order valence-electron chi connectivity index (χ1n) is 7.28. The van der Waals surface area contributed by atoms with E-state index < -0.39 is 0 Å². The van der Waals surface area contributed by atoms with E-state index in [0.29, 0.717) is 0 Å². The zero-order chi connectivity index (χ0) is 14.5. The van der Waals surface area contributed by atoms with E-state index in [9.17, 15) is 9.59 Å². The summed E-state index contributed by atoms with van der Waals surface area (Å²) in [4.78, 5) is 22.7. The number of fused-ring (bicyclic) bond motifs is 1. The lowest BCUT2D eigenvalue weighted by Gasteiger charge is -2.21. The Balaban J connectivity index is 2.44. The average molecular weight is 274 g/mol. The van der Waals surface area contributed by atoms with Gasteiger partial charge in [0.15, 0.2) is 0 Å². The summed E-state index contributed by atoms with van der Waals surface area (Å²) in [6.07, 6.45) is 6.62. The van der Waals surface area contributed by atoms with Crippen molar-refractivity contribution in [3.63, 3.8) is 0 Å². The van der Waals surface area contributed by atoms with Crippen molar-refractivity contribution in [2.75, 3.05) is 10.6 Å². The standard InChI is InChI=1S/C16H22N2O2/c1-11(19)17-15-9-10-16(18-12(2)20)14-8-6-4-3-5-7-13(14)15/h9-10H,3-8H2,1-2H3,(H,17,19)(H,18,20). The molecule has 0 spiro atoms. The van der Waals surface area contributed by atoms with Crippen LogP contribution in [0.4, 0.5) is 11.4 Å². The fourth-order valence-electron chi connectivity index (χ4n) is 2.83. The largest absolute Gasteiger partial charge is 0.326 e. The number of carbonyl (C=O) groups is 2. The highest BCUT2D eigenvalue weighted by molar-refractivity contribution is 5.93. The summed E-state index contributed by atoms with van der Waals surface area (Å²) in [5.41, 5.74) is 4.16. The lowest BCUT2D eigenvalue weighted by atomic mass is 9.90. The van der Waals surface area contributed by atoms with Crippen LogP contribution in [0.15, 0.2) is 12.1 Å². The van der Waals surface area contributed by atoms with E-state index in [2.05, 4.69) is 10.6 Å². The molecule has 1 aliphatic carbocycles. The van der Waals surface area contributed by atoms with Crippen LogP contribution in [0.5, 0.6) is 0 Å². The molecule has 0 aliphatic heterocycles. The van der Waals surface area contributed by atoms with Gasteiger partial charge in [-0.2, -0.15) is 0 Å². The van der Waals surface area contributed by atoms with Crippen LogP contribution in [0.2, 0.25) is 0 Å². The van der Waals surface area contributed by atoms with Gasteiger partial charge in [-0.1, -0.05) is 12.8 Å². The first-order chi connectivity index (χ1) is 9.58. The van der Waals surface area contributed by atoms with Crippen LogP contribution in [0, 0.1) is 0 Å². The van der Waals surface area contributed by atoms with Crippen molar-refractivity contribution in [3.05, 3.63) is 23.3 Å². The van der Waals surface area contributed by atoms with Crippen LogP contribution < -0.4 is 10.6 Å². The third kappa shape index (κ3) is 3.59. The van der Waals surface area contributed by atoms with Gasteiger partial charge in [0.1, 0.15) is 0 Å². The Bertz CT molecular complexity index is 476. The second kappa shape index (κ2) is 6.55. The van der Waals surface area contributed by atoms with Crippen molar-refractivity contribution < 1.29 is 9.59 Å². The molecule has 0 unspecified atom stereocenters. The molecule has 0 aromatic heterocycles. The van der Waals surface area contributed by atoms with Crippen LogP contribution in [0.25, 0.3) is 0 Å². The van der Waals surface area contributed by atoms with Gasteiger partial charge < -0.3 is 10.6 Å². The number of nitrogens with one attached hydrogen (secondary N) is 2. The molecule has 0 heterocycles. The molecule has 4 heteroatoms. The number of anilines is 2. The Labute approximate surface area is 119 Å². The number of hydrogen-bond acceptors (Lipinski definition) is 2. The SMILES string of the molecule is CC(=O)Nc1ccc(NC(C)=O)c2c1CCCCCC2. The molecule has 2 N–H and O–H groups in total. The summed E-state index contributed by atoms with van der Waals surface area (Å²) in [5, 5.41) is 5.82.